The van der Waals surface area contributed by atoms with E-state index in [2.05, 4.69) is 0 Å². The molecule has 0 N–H and O–H groups in total. The van der Waals surface area contributed by atoms with Gasteiger partial charge in [0.2, 0.25) is 0 Å². The number of nitrogens with zero attached hydrogens (tertiary/aromatic N) is 3. The van der Waals surface area contributed by atoms with Crippen molar-refractivity contribution in [1.82, 2.24) is 9.80 Å². The molecule has 0 spiro atoms. The van der Waals surface area contributed by atoms with Crippen LogP contribution in [0, 0.1) is 5.82 Å². The van der Waals surface area contributed by atoms with Crippen molar-refractivity contribution in [3.63, 3.8) is 0 Å². The second-order valence-electron chi connectivity index (χ2n) is 6.33. The minimum Gasteiger partial charge on any atom is -0.369 e. The Labute approximate surface area is 138 Å². The van der Waals surface area contributed by atoms with Gasteiger partial charge < -0.3 is 9.80 Å². The molecule has 5 nitrogen and oxygen atoms in total. The van der Waals surface area contributed by atoms with E-state index >= 15 is 0 Å². The Bertz CT molecular complexity index is 661. The van der Waals surface area contributed by atoms with E-state index in [1.165, 1.54) is 11.0 Å². The number of rotatable bonds is 2. The van der Waals surface area contributed by atoms with Gasteiger partial charge in [0.15, 0.2) is 0 Å². The molecular formula is C16H17ClFN3O2. The smallest absolute Gasteiger partial charge is 0.327 e. The molecule has 0 aromatic heterocycles. The maximum absolute atomic E-state index is 13.3. The second-order valence-corrected chi connectivity index (χ2v) is 6.74. The van der Waals surface area contributed by atoms with Crippen molar-refractivity contribution in [3.05, 3.63) is 29.0 Å². The van der Waals surface area contributed by atoms with E-state index in [-0.39, 0.29) is 29.0 Å². The van der Waals surface area contributed by atoms with Crippen LogP contribution in [-0.4, -0.2) is 53.5 Å². The Morgan fingerprint density at radius 2 is 2.00 bits per heavy atom. The second kappa shape index (κ2) is 5.37. The molecule has 0 radical (unpaired) electrons. The molecule has 7 heteroatoms. The highest BCUT2D eigenvalue weighted by molar-refractivity contribution is 6.31. The highest BCUT2D eigenvalue weighted by Crippen LogP contribution is 2.33. The highest BCUT2D eigenvalue weighted by atomic mass is 35.5. The Kier molecular flexibility index (Phi) is 3.44. The molecule has 23 heavy (non-hydrogen) atoms. The van der Waals surface area contributed by atoms with Gasteiger partial charge in [0.05, 0.1) is 11.1 Å². The molecule has 122 valence electrons. The topological polar surface area (TPSA) is 43.9 Å². The molecule has 3 aliphatic rings. The van der Waals surface area contributed by atoms with Crippen LogP contribution < -0.4 is 4.90 Å². The third-order valence-electron chi connectivity index (χ3n) is 5.02. The van der Waals surface area contributed by atoms with Gasteiger partial charge in [-0.05, 0) is 37.5 Å². The summed E-state index contributed by atoms with van der Waals surface area (Å²) in [7, 11) is 0. The largest absolute Gasteiger partial charge is 0.369 e. The van der Waals surface area contributed by atoms with Gasteiger partial charge in [-0.15, -0.1) is 0 Å². The number of carbonyl (C=O) groups excluding carboxylic acids is 2. The zero-order valence-corrected chi connectivity index (χ0v) is 13.3. The maximum Gasteiger partial charge on any atom is 0.327 e. The van der Waals surface area contributed by atoms with E-state index in [4.69, 9.17) is 11.6 Å². The number of carbonyl (C=O) groups is 2. The van der Waals surface area contributed by atoms with Crippen LogP contribution in [-0.2, 0) is 4.79 Å². The number of benzene rings is 1. The van der Waals surface area contributed by atoms with Crippen molar-refractivity contribution < 1.29 is 14.0 Å². The van der Waals surface area contributed by atoms with E-state index in [9.17, 15) is 14.0 Å². The number of halogens is 2. The van der Waals surface area contributed by atoms with Crippen LogP contribution in [0.3, 0.4) is 0 Å². The zero-order chi connectivity index (χ0) is 16.1. The van der Waals surface area contributed by atoms with Crippen LogP contribution in [0.5, 0.6) is 0 Å². The van der Waals surface area contributed by atoms with Crippen LogP contribution in [0.4, 0.5) is 14.9 Å². The molecule has 0 unspecified atom stereocenters. The lowest BCUT2D eigenvalue weighted by atomic mass is 10.2. The number of urea groups is 1. The predicted molar refractivity (Wildman–Crippen MR) is 84.0 cm³/mol. The van der Waals surface area contributed by atoms with Gasteiger partial charge in [0, 0.05) is 25.3 Å². The van der Waals surface area contributed by atoms with E-state index in [1.54, 1.807) is 17.0 Å². The first-order valence-corrected chi connectivity index (χ1v) is 8.28. The maximum atomic E-state index is 13.3. The lowest BCUT2D eigenvalue weighted by Gasteiger charge is -2.24. The number of hydrogen-bond acceptors (Lipinski definition) is 3. The van der Waals surface area contributed by atoms with Crippen molar-refractivity contribution in [2.45, 2.75) is 31.3 Å². The molecule has 3 saturated heterocycles. The highest BCUT2D eigenvalue weighted by Gasteiger charge is 2.50. The van der Waals surface area contributed by atoms with E-state index in [1.807, 2.05) is 4.90 Å². The molecule has 4 rings (SSSR count). The van der Waals surface area contributed by atoms with Crippen LogP contribution in [0.2, 0.25) is 5.02 Å². The summed E-state index contributed by atoms with van der Waals surface area (Å²) in [5.74, 6) is -0.506. The molecule has 3 fully saturated rings. The number of imide groups is 1. The van der Waals surface area contributed by atoms with E-state index in [0.717, 1.165) is 24.9 Å². The number of fused-ring (bicyclic) bond motifs is 1. The molecule has 3 heterocycles. The Hall–Kier alpha value is -1.82. The first-order valence-electron chi connectivity index (χ1n) is 7.90. The molecular weight excluding hydrogens is 321 g/mol. The minimum absolute atomic E-state index is 0.0588. The summed E-state index contributed by atoms with van der Waals surface area (Å²) >= 11 is 5.84. The summed E-state index contributed by atoms with van der Waals surface area (Å²) in [6, 6.07) is 4.08. The van der Waals surface area contributed by atoms with Gasteiger partial charge in [-0.3, -0.25) is 9.69 Å². The van der Waals surface area contributed by atoms with Crippen molar-refractivity contribution >= 4 is 29.2 Å². The molecule has 0 bridgehead atoms. The quantitative estimate of drug-likeness (QED) is 0.779. The first-order chi connectivity index (χ1) is 11.1. The third kappa shape index (κ3) is 2.27. The SMILES string of the molecule is O=C1[C@@H]2CCCN2C(=O)N1[C@@H]1CCN(c2ccc(F)c(Cl)c2)C1. The molecule has 0 aliphatic carbocycles. The van der Waals surface area contributed by atoms with Gasteiger partial charge in [0.25, 0.3) is 5.91 Å². The molecule has 1 aromatic carbocycles. The average molecular weight is 338 g/mol. The van der Waals surface area contributed by atoms with Gasteiger partial charge in [-0.25, -0.2) is 9.18 Å². The van der Waals surface area contributed by atoms with Crippen molar-refractivity contribution in [3.8, 4) is 0 Å². The zero-order valence-electron chi connectivity index (χ0n) is 12.5. The van der Waals surface area contributed by atoms with Crippen molar-refractivity contribution in [2.24, 2.45) is 0 Å². The summed E-state index contributed by atoms with van der Waals surface area (Å²) < 4.78 is 13.3. The average Bonchev–Trinajstić information content (AvgIpc) is 3.22. The van der Waals surface area contributed by atoms with E-state index in [0.29, 0.717) is 19.6 Å². The fourth-order valence-electron chi connectivity index (χ4n) is 3.85. The Morgan fingerprint density at radius 3 is 2.74 bits per heavy atom. The standard InChI is InChI=1S/C16H17ClFN3O2/c17-12-8-10(3-4-13(12)18)19-7-5-11(9-19)21-15(22)14-2-1-6-20(14)16(21)23/h3-4,8,11,14H,1-2,5-7,9H2/t11-,14+/m1/s1. The van der Waals surface area contributed by atoms with Crippen LogP contribution in [0.25, 0.3) is 0 Å². The molecule has 2 atom stereocenters. The third-order valence-corrected chi connectivity index (χ3v) is 5.31. The summed E-state index contributed by atoms with van der Waals surface area (Å²) in [5.41, 5.74) is 0.818. The number of amides is 3. The fraction of sp³-hybridized carbons (Fsp3) is 0.500. The first kappa shape index (κ1) is 14.8. The minimum atomic E-state index is -0.448. The number of anilines is 1. The number of hydrogen-bond donors (Lipinski definition) is 0. The van der Waals surface area contributed by atoms with Gasteiger partial charge >= 0.3 is 6.03 Å². The summed E-state index contributed by atoms with van der Waals surface area (Å²) in [4.78, 5) is 30.1. The predicted octanol–water partition coefficient (Wildman–Crippen LogP) is 2.48. The lowest BCUT2D eigenvalue weighted by molar-refractivity contribution is -0.129. The van der Waals surface area contributed by atoms with Crippen molar-refractivity contribution in [2.75, 3.05) is 24.5 Å². The summed E-state index contributed by atoms with van der Waals surface area (Å²) in [6.45, 7) is 1.96. The normalized spacial score (nSPS) is 27.3. The van der Waals surface area contributed by atoms with Gasteiger partial charge in [0.1, 0.15) is 11.9 Å². The Balaban J connectivity index is 1.51. The van der Waals surface area contributed by atoms with Crippen LogP contribution in [0.1, 0.15) is 19.3 Å². The molecule has 1 aromatic rings. The van der Waals surface area contributed by atoms with Crippen molar-refractivity contribution in [1.29, 1.82) is 0 Å². The fourth-order valence-corrected chi connectivity index (χ4v) is 4.03. The summed E-state index contributed by atoms with van der Waals surface area (Å²) in [5, 5.41) is 0.0833. The molecule has 0 saturated carbocycles. The lowest BCUT2D eigenvalue weighted by Crippen LogP contribution is -2.43. The summed E-state index contributed by atoms with van der Waals surface area (Å²) in [6.07, 6.45) is 2.40. The van der Waals surface area contributed by atoms with Gasteiger partial charge in [-0.1, -0.05) is 11.6 Å². The molecule has 3 aliphatic heterocycles. The van der Waals surface area contributed by atoms with Crippen LogP contribution in [0.15, 0.2) is 18.2 Å². The molecule has 3 amide bonds. The van der Waals surface area contributed by atoms with Crippen LogP contribution >= 0.6 is 11.6 Å². The Morgan fingerprint density at radius 1 is 1.17 bits per heavy atom. The van der Waals surface area contributed by atoms with E-state index < -0.39 is 5.82 Å². The monoisotopic (exact) mass is 337 g/mol. The van der Waals surface area contributed by atoms with Gasteiger partial charge in [-0.2, -0.15) is 0 Å².